The van der Waals surface area contributed by atoms with Gasteiger partial charge in [-0.05, 0) is 18.2 Å². The van der Waals surface area contributed by atoms with Crippen molar-refractivity contribution in [2.45, 2.75) is 6.54 Å². The molecule has 7 nitrogen and oxygen atoms in total. The van der Waals surface area contributed by atoms with E-state index < -0.39 is 0 Å². The Labute approximate surface area is 133 Å². The predicted octanol–water partition coefficient (Wildman–Crippen LogP) is 0.882. The molecule has 124 valence electrons. The predicted molar refractivity (Wildman–Crippen MR) is 83.5 cm³/mol. The maximum Gasteiger partial charge on any atom is 0.287 e. The van der Waals surface area contributed by atoms with Crippen LogP contribution >= 0.6 is 0 Å². The summed E-state index contributed by atoms with van der Waals surface area (Å²) in [6, 6.07) is 8.18. The highest BCUT2D eigenvalue weighted by atomic mass is 16.5. The zero-order valence-electron chi connectivity index (χ0n) is 13.0. The zero-order valence-corrected chi connectivity index (χ0v) is 13.0. The molecule has 2 aromatic heterocycles. The van der Waals surface area contributed by atoms with Crippen LogP contribution in [-0.2, 0) is 16.0 Å². The molecule has 0 aliphatic heterocycles. The van der Waals surface area contributed by atoms with Gasteiger partial charge < -0.3 is 23.8 Å². The Morgan fingerprint density at radius 1 is 1.22 bits per heavy atom. The minimum atomic E-state index is -0.313. The molecule has 0 saturated carbocycles. The minimum Gasteiger partial charge on any atom is -0.454 e. The first-order valence-corrected chi connectivity index (χ1v) is 7.30. The smallest absolute Gasteiger partial charge is 0.287 e. The molecule has 0 aliphatic carbocycles. The van der Waals surface area contributed by atoms with E-state index in [2.05, 4.69) is 5.32 Å². The van der Waals surface area contributed by atoms with Gasteiger partial charge in [0, 0.05) is 25.9 Å². The van der Waals surface area contributed by atoms with Crippen molar-refractivity contribution in [1.82, 2.24) is 9.88 Å². The number of amides is 1. The van der Waals surface area contributed by atoms with Crippen LogP contribution < -0.4 is 10.9 Å². The summed E-state index contributed by atoms with van der Waals surface area (Å²) in [7, 11) is 1.60. The Balaban J connectivity index is 1.81. The van der Waals surface area contributed by atoms with Crippen LogP contribution in [0.1, 0.15) is 16.3 Å². The third-order valence-electron chi connectivity index (χ3n) is 3.07. The molecular weight excluding hydrogens is 300 g/mol. The molecular formula is C16H20N2O5. The molecule has 0 bridgehead atoms. The van der Waals surface area contributed by atoms with Gasteiger partial charge in [-0.2, -0.15) is 0 Å². The van der Waals surface area contributed by atoms with Gasteiger partial charge in [0.15, 0.2) is 5.76 Å². The van der Waals surface area contributed by atoms with E-state index in [1.165, 1.54) is 10.6 Å². The number of nitrogens with one attached hydrogen (secondary N) is 1. The van der Waals surface area contributed by atoms with Gasteiger partial charge in [-0.25, -0.2) is 0 Å². The van der Waals surface area contributed by atoms with E-state index >= 15 is 0 Å². The van der Waals surface area contributed by atoms with Crippen LogP contribution in [0.2, 0.25) is 0 Å². The number of hydrogen-bond donors (Lipinski definition) is 1. The van der Waals surface area contributed by atoms with Crippen molar-refractivity contribution in [1.29, 1.82) is 0 Å². The first-order chi connectivity index (χ1) is 11.2. The molecule has 0 spiro atoms. The lowest BCUT2D eigenvalue weighted by Gasteiger charge is -2.05. The Bertz CT molecular complexity index is 677. The Morgan fingerprint density at radius 3 is 2.87 bits per heavy atom. The molecule has 0 saturated heterocycles. The van der Waals surface area contributed by atoms with Crippen LogP contribution in [0.3, 0.4) is 0 Å². The van der Waals surface area contributed by atoms with Crippen LogP contribution in [0.25, 0.3) is 0 Å². The quantitative estimate of drug-likeness (QED) is 0.694. The molecule has 1 amide bonds. The molecule has 2 aromatic rings. The number of hydrogen-bond acceptors (Lipinski definition) is 5. The Kier molecular flexibility index (Phi) is 6.58. The Morgan fingerprint density at radius 2 is 2.09 bits per heavy atom. The topological polar surface area (TPSA) is 82.7 Å². The van der Waals surface area contributed by atoms with Crippen molar-refractivity contribution in [2.24, 2.45) is 0 Å². The van der Waals surface area contributed by atoms with Crippen molar-refractivity contribution in [2.75, 3.05) is 33.5 Å². The molecule has 0 fully saturated rings. The second-order valence-corrected chi connectivity index (χ2v) is 4.79. The van der Waals surface area contributed by atoms with Gasteiger partial charge in [-0.15, -0.1) is 0 Å². The zero-order chi connectivity index (χ0) is 16.5. The number of methoxy groups -OCH3 is 1. The van der Waals surface area contributed by atoms with Gasteiger partial charge >= 0.3 is 0 Å². The summed E-state index contributed by atoms with van der Waals surface area (Å²) in [6.45, 7) is 2.09. The minimum absolute atomic E-state index is 0.122. The number of aromatic nitrogens is 1. The van der Waals surface area contributed by atoms with Crippen LogP contribution in [0.5, 0.6) is 0 Å². The van der Waals surface area contributed by atoms with Crippen molar-refractivity contribution >= 4 is 5.91 Å². The van der Waals surface area contributed by atoms with E-state index in [1.807, 2.05) is 0 Å². The van der Waals surface area contributed by atoms with Gasteiger partial charge in [-0.3, -0.25) is 9.59 Å². The van der Waals surface area contributed by atoms with Gasteiger partial charge in [0.25, 0.3) is 11.5 Å². The lowest BCUT2D eigenvalue weighted by molar-refractivity contribution is 0.0687. The molecule has 7 heteroatoms. The third kappa shape index (κ3) is 5.39. The summed E-state index contributed by atoms with van der Waals surface area (Å²) in [5, 5.41) is 2.70. The number of nitrogens with zero attached hydrogens (tertiary/aromatic N) is 1. The second-order valence-electron chi connectivity index (χ2n) is 4.79. The lowest BCUT2D eigenvalue weighted by Crippen LogP contribution is -2.27. The van der Waals surface area contributed by atoms with Crippen molar-refractivity contribution < 1.29 is 18.7 Å². The van der Waals surface area contributed by atoms with E-state index in [0.29, 0.717) is 32.1 Å². The van der Waals surface area contributed by atoms with Gasteiger partial charge in [-0.1, -0.05) is 6.07 Å². The summed E-state index contributed by atoms with van der Waals surface area (Å²) in [4.78, 5) is 23.5. The van der Waals surface area contributed by atoms with Crippen LogP contribution in [0.15, 0.2) is 45.7 Å². The van der Waals surface area contributed by atoms with Crippen LogP contribution in [-0.4, -0.2) is 43.9 Å². The van der Waals surface area contributed by atoms with E-state index in [-0.39, 0.29) is 23.8 Å². The van der Waals surface area contributed by atoms with Crippen LogP contribution in [0, 0.1) is 0 Å². The molecule has 0 aromatic carbocycles. The molecule has 0 radical (unpaired) electrons. The van der Waals surface area contributed by atoms with Crippen molar-refractivity contribution in [3.8, 4) is 0 Å². The average Bonchev–Trinajstić information content (AvgIpc) is 3.01. The number of carbonyl (C=O) groups excluding carboxylic acids is 1. The monoisotopic (exact) mass is 320 g/mol. The SMILES string of the molecule is COCCOCCNC(=O)c1ccc(Cn2ccccc2=O)o1. The Hall–Kier alpha value is -2.38. The fraction of sp³-hybridized carbons (Fsp3) is 0.375. The number of furan rings is 1. The summed E-state index contributed by atoms with van der Waals surface area (Å²) < 4.78 is 17.1. The summed E-state index contributed by atoms with van der Waals surface area (Å²) in [5.41, 5.74) is -0.122. The average molecular weight is 320 g/mol. The van der Waals surface area contributed by atoms with E-state index in [0.717, 1.165) is 0 Å². The maximum atomic E-state index is 11.9. The van der Waals surface area contributed by atoms with Crippen LogP contribution in [0.4, 0.5) is 0 Å². The first-order valence-electron chi connectivity index (χ1n) is 7.30. The normalized spacial score (nSPS) is 10.7. The molecule has 23 heavy (non-hydrogen) atoms. The molecule has 2 heterocycles. The molecule has 0 aliphatic rings. The highest BCUT2D eigenvalue weighted by Gasteiger charge is 2.11. The fourth-order valence-electron chi connectivity index (χ4n) is 1.91. The van der Waals surface area contributed by atoms with Gasteiger partial charge in [0.1, 0.15) is 5.76 Å². The standard InChI is InChI=1S/C16H20N2O5/c1-21-10-11-22-9-7-17-16(20)14-6-5-13(23-14)12-18-8-3-2-4-15(18)19/h2-6,8H,7,9-12H2,1H3,(H,17,20). The van der Waals surface area contributed by atoms with Crippen molar-refractivity contribution in [3.05, 3.63) is 58.4 Å². The molecule has 0 unspecified atom stereocenters. The largest absolute Gasteiger partial charge is 0.454 e. The van der Waals surface area contributed by atoms with E-state index in [9.17, 15) is 9.59 Å². The summed E-state index contributed by atoms with van der Waals surface area (Å²) >= 11 is 0. The van der Waals surface area contributed by atoms with Crippen molar-refractivity contribution in [3.63, 3.8) is 0 Å². The number of pyridine rings is 1. The number of carbonyl (C=O) groups is 1. The molecule has 1 N–H and O–H groups in total. The molecule has 2 rings (SSSR count). The highest BCUT2D eigenvalue weighted by molar-refractivity contribution is 5.91. The van der Waals surface area contributed by atoms with Gasteiger partial charge in [0.2, 0.25) is 0 Å². The second kappa shape index (κ2) is 8.92. The van der Waals surface area contributed by atoms with E-state index in [4.69, 9.17) is 13.9 Å². The first kappa shape index (κ1) is 17.0. The molecule has 0 atom stereocenters. The number of ether oxygens (including phenoxy) is 2. The van der Waals surface area contributed by atoms with Gasteiger partial charge in [0.05, 0.1) is 26.4 Å². The third-order valence-corrected chi connectivity index (χ3v) is 3.07. The summed E-state index contributed by atoms with van der Waals surface area (Å²) in [5.74, 6) is 0.438. The lowest BCUT2D eigenvalue weighted by atomic mass is 10.4. The maximum absolute atomic E-state index is 11.9. The number of rotatable bonds is 9. The van der Waals surface area contributed by atoms with E-state index in [1.54, 1.807) is 37.6 Å². The fourth-order valence-corrected chi connectivity index (χ4v) is 1.91. The summed E-state index contributed by atoms with van der Waals surface area (Å²) in [6.07, 6.45) is 1.67. The highest BCUT2D eigenvalue weighted by Crippen LogP contribution is 2.08.